The van der Waals surface area contributed by atoms with Crippen molar-refractivity contribution >= 4 is 12.1 Å². The van der Waals surface area contributed by atoms with E-state index in [1.807, 2.05) is 37.3 Å². The summed E-state index contributed by atoms with van der Waals surface area (Å²) in [6.45, 7) is 2.62. The van der Waals surface area contributed by atoms with Crippen LogP contribution in [0.3, 0.4) is 0 Å². The van der Waals surface area contributed by atoms with Crippen LogP contribution in [0.15, 0.2) is 30.3 Å². The lowest BCUT2D eigenvalue weighted by molar-refractivity contribution is -0.149. The van der Waals surface area contributed by atoms with Crippen molar-refractivity contribution in [2.75, 3.05) is 19.8 Å². The molecule has 5 nitrogen and oxygen atoms in total. The number of carboxylic acids is 1. The van der Waals surface area contributed by atoms with Crippen molar-refractivity contribution in [2.24, 2.45) is 11.3 Å². The minimum Gasteiger partial charge on any atom is -0.481 e. The van der Waals surface area contributed by atoms with Crippen LogP contribution in [-0.4, -0.2) is 41.8 Å². The Morgan fingerprint density at radius 2 is 2.09 bits per heavy atom. The Bertz CT molecular complexity index is 565. The van der Waals surface area contributed by atoms with Gasteiger partial charge >= 0.3 is 12.1 Å². The molecule has 0 aromatic heterocycles. The molecule has 23 heavy (non-hydrogen) atoms. The Hall–Kier alpha value is -2.11. The number of ether oxygens (including phenoxy) is 1. The van der Waals surface area contributed by atoms with Gasteiger partial charge in [0.25, 0.3) is 0 Å². The second-order valence-corrected chi connectivity index (χ2v) is 6.15. The molecule has 1 unspecified atom stereocenters. The average molecular weight is 323 g/mol. The molecule has 0 radical (unpaired) electrons. The Morgan fingerprint density at radius 1 is 1.43 bits per heavy atom. The van der Waals surface area contributed by atoms with Crippen LogP contribution in [0, 0.1) is 11.3 Å². The molecule has 6 heteroatoms. The first-order valence-corrected chi connectivity index (χ1v) is 7.72. The molecule has 126 valence electrons. The van der Waals surface area contributed by atoms with E-state index >= 15 is 0 Å². The molecule has 1 aromatic carbocycles. The van der Waals surface area contributed by atoms with E-state index in [0.29, 0.717) is 6.42 Å². The molecule has 1 fully saturated rings. The first kappa shape index (κ1) is 17.2. The lowest BCUT2D eigenvalue weighted by atomic mass is 9.81. The zero-order valence-corrected chi connectivity index (χ0v) is 13.4. The van der Waals surface area contributed by atoms with Crippen molar-refractivity contribution in [3.63, 3.8) is 0 Å². The molecule has 1 aliphatic rings. The summed E-state index contributed by atoms with van der Waals surface area (Å²) in [5.74, 6) is -1.81. The Labute approximate surface area is 135 Å². The largest absolute Gasteiger partial charge is 0.481 e. The molecule has 2 rings (SSSR count). The number of aliphatic carboxylic acids is 1. The van der Waals surface area contributed by atoms with Gasteiger partial charge in [0.2, 0.25) is 0 Å². The normalized spacial score (nSPS) is 25.2. The Kier molecular flexibility index (Phi) is 5.23. The molecule has 1 amide bonds. The van der Waals surface area contributed by atoms with Gasteiger partial charge in [0.1, 0.15) is 6.10 Å². The number of rotatable bonds is 5. The predicted molar refractivity (Wildman–Crippen MR) is 82.7 cm³/mol. The van der Waals surface area contributed by atoms with E-state index in [4.69, 9.17) is 4.74 Å². The highest BCUT2D eigenvalue weighted by molar-refractivity contribution is 5.78. The van der Waals surface area contributed by atoms with Gasteiger partial charge in [-0.1, -0.05) is 37.3 Å². The van der Waals surface area contributed by atoms with E-state index in [0.717, 1.165) is 5.56 Å². The van der Waals surface area contributed by atoms with Gasteiger partial charge in [0, 0.05) is 19.0 Å². The van der Waals surface area contributed by atoms with Crippen molar-refractivity contribution < 1.29 is 23.8 Å². The lowest BCUT2D eigenvalue weighted by Crippen LogP contribution is -2.37. The summed E-state index contributed by atoms with van der Waals surface area (Å²) in [5, 5.41) is 9.33. The number of carbonyl (C=O) groups is 2. The molecule has 0 spiro atoms. The van der Waals surface area contributed by atoms with Crippen molar-refractivity contribution in [3.8, 4) is 0 Å². The minimum absolute atomic E-state index is 0.0407. The van der Waals surface area contributed by atoms with Crippen LogP contribution < -0.4 is 0 Å². The Morgan fingerprint density at radius 3 is 2.57 bits per heavy atom. The zero-order chi connectivity index (χ0) is 17.0. The third-order valence-corrected chi connectivity index (χ3v) is 4.58. The van der Waals surface area contributed by atoms with Crippen molar-refractivity contribution in [1.82, 2.24) is 4.90 Å². The topological polar surface area (TPSA) is 66.8 Å². The van der Waals surface area contributed by atoms with E-state index in [-0.39, 0.29) is 13.1 Å². The van der Waals surface area contributed by atoms with Gasteiger partial charge in [-0.15, -0.1) is 0 Å². The van der Waals surface area contributed by atoms with Crippen LogP contribution in [-0.2, 0) is 9.53 Å². The van der Waals surface area contributed by atoms with Crippen LogP contribution in [0.2, 0.25) is 0 Å². The number of hydrogen-bond acceptors (Lipinski definition) is 3. The fourth-order valence-corrected chi connectivity index (χ4v) is 2.91. The van der Waals surface area contributed by atoms with Crippen LogP contribution in [0.5, 0.6) is 0 Å². The van der Waals surface area contributed by atoms with Gasteiger partial charge in [-0.3, -0.25) is 9.18 Å². The number of hydrogen-bond donors (Lipinski definition) is 1. The maximum Gasteiger partial charge on any atom is 0.410 e. The second kappa shape index (κ2) is 6.98. The van der Waals surface area contributed by atoms with Crippen LogP contribution in [0.1, 0.15) is 31.9 Å². The van der Waals surface area contributed by atoms with E-state index < -0.39 is 36.2 Å². The monoisotopic (exact) mass is 323 g/mol. The number of halogens is 1. The summed E-state index contributed by atoms with van der Waals surface area (Å²) >= 11 is 0. The molecule has 1 aliphatic heterocycles. The van der Waals surface area contributed by atoms with Gasteiger partial charge < -0.3 is 14.7 Å². The highest BCUT2D eigenvalue weighted by Gasteiger charge is 2.50. The van der Waals surface area contributed by atoms with Gasteiger partial charge in [-0.2, -0.15) is 0 Å². The van der Waals surface area contributed by atoms with E-state index in [1.165, 1.54) is 11.8 Å². The van der Waals surface area contributed by atoms with Crippen LogP contribution >= 0.6 is 0 Å². The summed E-state index contributed by atoms with van der Waals surface area (Å²) in [4.78, 5) is 25.1. The number of amides is 1. The summed E-state index contributed by atoms with van der Waals surface area (Å²) in [6.07, 6.45) is -0.389. The molecule has 0 aliphatic carbocycles. The molecule has 1 saturated heterocycles. The summed E-state index contributed by atoms with van der Waals surface area (Å²) in [5.41, 5.74) is -0.395. The Balaban J connectivity index is 2.08. The quantitative estimate of drug-likeness (QED) is 0.903. The molecule has 1 heterocycles. The summed E-state index contributed by atoms with van der Waals surface area (Å²) in [7, 11) is 0. The number of benzene rings is 1. The van der Waals surface area contributed by atoms with Crippen molar-refractivity contribution in [3.05, 3.63) is 35.9 Å². The molecule has 1 N–H and O–H groups in total. The molecule has 1 aromatic rings. The second-order valence-electron chi connectivity index (χ2n) is 6.15. The average Bonchev–Trinajstić information content (AvgIpc) is 2.91. The van der Waals surface area contributed by atoms with Crippen LogP contribution in [0.4, 0.5) is 9.18 Å². The number of carbonyl (C=O) groups excluding carboxylic acids is 1. The van der Waals surface area contributed by atoms with E-state index in [9.17, 15) is 19.1 Å². The molecular formula is C17H22FNO4. The minimum atomic E-state index is -1.28. The third-order valence-electron chi connectivity index (χ3n) is 4.58. The number of carboxylic acid groups (broad SMARTS) is 1. The molecular weight excluding hydrogens is 301 g/mol. The van der Waals surface area contributed by atoms with Crippen LogP contribution in [0.25, 0.3) is 0 Å². The molecule has 0 saturated carbocycles. The zero-order valence-electron chi connectivity index (χ0n) is 13.4. The molecule has 0 bridgehead atoms. The van der Waals surface area contributed by atoms with Gasteiger partial charge in [0.05, 0.1) is 12.1 Å². The number of likely N-dealkylation sites (tertiary alicyclic amines) is 1. The van der Waals surface area contributed by atoms with Crippen molar-refractivity contribution in [1.29, 1.82) is 0 Å². The third kappa shape index (κ3) is 3.46. The van der Waals surface area contributed by atoms with Crippen molar-refractivity contribution in [2.45, 2.75) is 26.4 Å². The maximum absolute atomic E-state index is 13.1. The van der Waals surface area contributed by atoms with E-state index in [2.05, 4.69) is 0 Å². The highest BCUT2D eigenvalue weighted by atomic mass is 19.1. The van der Waals surface area contributed by atoms with Gasteiger partial charge in [0.15, 0.2) is 0 Å². The number of alkyl halides is 1. The standard InChI is InChI=1S/C17H22FNO4/c1-3-14(12-7-5-4-6-8-12)23-16(22)19-10-13(9-18)17(2,11-19)15(20)21/h4-8,13-14H,3,9-11H2,1-2H3,(H,20,21)/t13-,14?,17-/m0/s1. The predicted octanol–water partition coefficient (Wildman–Crippen LogP) is 3.27. The lowest BCUT2D eigenvalue weighted by Gasteiger charge is -2.24. The summed E-state index contributed by atoms with van der Waals surface area (Å²) in [6, 6.07) is 9.35. The maximum atomic E-state index is 13.1. The van der Waals surface area contributed by atoms with E-state index in [1.54, 1.807) is 0 Å². The fourth-order valence-electron chi connectivity index (χ4n) is 2.91. The molecule has 3 atom stereocenters. The van der Waals surface area contributed by atoms with Gasteiger partial charge in [-0.25, -0.2) is 4.79 Å². The first-order valence-electron chi connectivity index (χ1n) is 7.72. The summed E-state index contributed by atoms with van der Waals surface area (Å²) < 4.78 is 18.6. The SMILES string of the molecule is CCC(OC(=O)N1C[C@H](CF)[C@@](C)(C(=O)O)C1)c1ccccc1. The fraction of sp³-hybridized carbons (Fsp3) is 0.529. The van der Waals surface area contributed by atoms with Gasteiger partial charge in [-0.05, 0) is 18.9 Å². The first-order chi connectivity index (χ1) is 10.9. The number of nitrogens with zero attached hydrogens (tertiary/aromatic N) is 1. The smallest absolute Gasteiger partial charge is 0.410 e. The highest BCUT2D eigenvalue weighted by Crippen LogP contribution is 2.37.